The van der Waals surface area contributed by atoms with Crippen molar-refractivity contribution in [2.24, 2.45) is 0 Å². The molecular weight excluding hydrogens is 443 g/mol. The van der Waals surface area contributed by atoms with E-state index in [1.54, 1.807) is 17.0 Å². The number of carbonyl (C=O) groups excluding carboxylic acids is 1. The third kappa shape index (κ3) is 5.13. The summed E-state index contributed by atoms with van der Waals surface area (Å²) in [7, 11) is 0. The molecule has 1 saturated heterocycles. The predicted molar refractivity (Wildman–Crippen MR) is 117 cm³/mol. The van der Waals surface area contributed by atoms with Crippen LogP contribution in [0.4, 0.5) is 18.9 Å². The van der Waals surface area contributed by atoms with Crippen LogP contribution in [-0.2, 0) is 12.7 Å². The maximum Gasteiger partial charge on any atom is 0.419 e. The molecule has 0 atom stereocenters. The number of ether oxygens (including phenoxy) is 1. The zero-order valence-electron chi connectivity index (χ0n) is 17.6. The van der Waals surface area contributed by atoms with E-state index in [-0.39, 0.29) is 16.6 Å². The molecule has 2 heterocycles. The number of amides is 1. The molecule has 1 amide bonds. The molecule has 32 heavy (non-hydrogen) atoms. The molecule has 9 heteroatoms. The first-order chi connectivity index (χ1) is 15.3. The Morgan fingerprint density at radius 3 is 2.59 bits per heavy atom. The molecule has 0 aromatic heterocycles. The quantitative estimate of drug-likeness (QED) is 0.605. The SMILES string of the molecule is O=C1NCc2cc(OCCCCN3CCN(c4cccc(Cl)c4C(F)(F)F)CC3)ccc21. The van der Waals surface area contributed by atoms with Crippen molar-refractivity contribution in [1.29, 1.82) is 0 Å². The van der Waals surface area contributed by atoms with Crippen LogP contribution in [0.1, 0.15) is 34.3 Å². The molecule has 0 saturated carbocycles. The van der Waals surface area contributed by atoms with Gasteiger partial charge in [-0.25, -0.2) is 0 Å². The minimum absolute atomic E-state index is 0.0448. The van der Waals surface area contributed by atoms with Crippen LogP contribution >= 0.6 is 11.6 Å². The Balaban J connectivity index is 1.20. The van der Waals surface area contributed by atoms with Crippen LogP contribution in [0.2, 0.25) is 5.02 Å². The van der Waals surface area contributed by atoms with Gasteiger partial charge < -0.3 is 15.0 Å². The number of piperazine rings is 1. The van der Waals surface area contributed by atoms with Gasteiger partial charge in [0.05, 0.1) is 22.9 Å². The number of unbranched alkanes of at least 4 members (excludes halogenated alkanes) is 1. The van der Waals surface area contributed by atoms with Gasteiger partial charge in [0, 0.05) is 38.3 Å². The van der Waals surface area contributed by atoms with Crippen LogP contribution in [-0.4, -0.2) is 50.1 Å². The molecule has 5 nitrogen and oxygen atoms in total. The van der Waals surface area contributed by atoms with Crippen LogP contribution in [0.3, 0.4) is 0 Å². The van der Waals surface area contributed by atoms with Gasteiger partial charge in [-0.05, 0) is 55.3 Å². The second kappa shape index (κ2) is 9.58. The van der Waals surface area contributed by atoms with E-state index in [9.17, 15) is 18.0 Å². The largest absolute Gasteiger partial charge is 0.494 e. The summed E-state index contributed by atoms with van der Waals surface area (Å²) in [6.07, 6.45) is -2.66. The topological polar surface area (TPSA) is 44.8 Å². The summed E-state index contributed by atoms with van der Waals surface area (Å²) < 4.78 is 46.1. The Morgan fingerprint density at radius 1 is 1.06 bits per heavy atom. The monoisotopic (exact) mass is 467 g/mol. The fourth-order valence-corrected chi connectivity index (χ4v) is 4.47. The van der Waals surface area contributed by atoms with E-state index in [1.165, 1.54) is 12.1 Å². The lowest BCUT2D eigenvalue weighted by Crippen LogP contribution is -2.47. The van der Waals surface area contributed by atoms with Gasteiger partial charge in [-0.2, -0.15) is 13.2 Å². The van der Waals surface area contributed by atoms with Crippen molar-refractivity contribution in [1.82, 2.24) is 10.2 Å². The van der Waals surface area contributed by atoms with E-state index in [4.69, 9.17) is 16.3 Å². The Morgan fingerprint density at radius 2 is 1.84 bits per heavy atom. The molecule has 1 fully saturated rings. The number of rotatable bonds is 7. The summed E-state index contributed by atoms with van der Waals surface area (Å²) in [5.74, 6) is 0.715. The summed E-state index contributed by atoms with van der Waals surface area (Å²) in [5, 5.41) is 2.53. The highest BCUT2D eigenvalue weighted by Crippen LogP contribution is 2.41. The number of nitrogens with zero attached hydrogens (tertiary/aromatic N) is 2. The second-order valence-electron chi connectivity index (χ2n) is 8.02. The minimum atomic E-state index is -4.48. The van der Waals surface area contributed by atoms with Crippen LogP contribution in [0.15, 0.2) is 36.4 Å². The molecular formula is C23H25ClF3N3O2. The Labute approximate surface area is 190 Å². The molecule has 2 aromatic carbocycles. The standard InChI is InChI=1S/C23H25ClF3N3O2/c24-19-4-3-5-20(21(19)23(25,26)27)30-11-9-29(10-12-30)8-1-2-13-32-17-6-7-18-16(14-17)15-28-22(18)31/h3-7,14H,1-2,8-13,15H2,(H,28,31). The summed E-state index contributed by atoms with van der Waals surface area (Å²) in [5.41, 5.74) is 1.07. The smallest absolute Gasteiger partial charge is 0.419 e. The molecule has 0 bridgehead atoms. The number of carbonyl (C=O) groups is 1. The van der Waals surface area contributed by atoms with Gasteiger partial charge in [-0.15, -0.1) is 0 Å². The van der Waals surface area contributed by atoms with Gasteiger partial charge in [0.15, 0.2) is 0 Å². The first kappa shape index (κ1) is 22.7. The average molecular weight is 468 g/mol. The molecule has 0 unspecified atom stereocenters. The van der Waals surface area contributed by atoms with Gasteiger partial charge in [0.25, 0.3) is 5.91 Å². The molecule has 0 aliphatic carbocycles. The summed E-state index contributed by atoms with van der Waals surface area (Å²) in [4.78, 5) is 15.6. The zero-order valence-corrected chi connectivity index (χ0v) is 18.3. The third-order valence-corrected chi connectivity index (χ3v) is 6.20. The highest BCUT2D eigenvalue weighted by atomic mass is 35.5. The van der Waals surface area contributed by atoms with E-state index in [2.05, 4.69) is 10.2 Å². The van der Waals surface area contributed by atoms with Crippen molar-refractivity contribution in [3.63, 3.8) is 0 Å². The summed E-state index contributed by atoms with van der Waals surface area (Å²) in [6, 6.07) is 9.84. The number of alkyl halides is 3. The lowest BCUT2D eigenvalue weighted by atomic mass is 10.1. The Bertz CT molecular complexity index is 975. The average Bonchev–Trinajstić information content (AvgIpc) is 3.13. The summed E-state index contributed by atoms with van der Waals surface area (Å²) >= 11 is 5.85. The van der Waals surface area contributed by atoms with Crippen molar-refractivity contribution < 1.29 is 22.7 Å². The highest BCUT2D eigenvalue weighted by molar-refractivity contribution is 6.31. The number of hydrogen-bond donors (Lipinski definition) is 1. The van der Waals surface area contributed by atoms with Crippen molar-refractivity contribution in [2.75, 3.05) is 44.2 Å². The molecule has 2 aliphatic heterocycles. The van der Waals surface area contributed by atoms with Crippen molar-refractivity contribution in [3.05, 3.63) is 58.1 Å². The van der Waals surface area contributed by atoms with Crippen LogP contribution in [0.5, 0.6) is 5.75 Å². The predicted octanol–water partition coefficient (Wildman–Crippen LogP) is 4.58. The van der Waals surface area contributed by atoms with Crippen LogP contribution in [0.25, 0.3) is 0 Å². The molecule has 2 aliphatic rings. The number of halogens is 4. The van der Waals surface area contributed by atoms with E-state index in [0.717, 1.165) is 30.7 Å². The Kier molecular flexibility index (Phi) is 6.81. The number of anilines is 1. The lowest BCUT2D eigenvalue weighted by molar-refractivity contribution is -0.137. The normalized spacial score (nSPS) is 16.8. The summed E-state index contributed by atoms with van der Waals surface area (Å²) in [6.45, 7) is 4.46. The maximum atomic E-state index is 13.4. The van der Waals surface area contributed by atoms with Crippen molar-refractivity contribution >= 4 is 23.2 Å². The molecule has 4 rings (SSSR count). The van der Waals surface area contributed by atoms with E-state index in [0.29, 0.717) is 44.9 Å². The maximum absolute atomic E-state index is 13.4. The van der Waals surface area contributed by atoms with Gasteiger partial charge >= 0.3 is 6.18 Å². The first-order valence-electron chi connectivity index (χ1n) is 10.7. The van der Waals surface area contributed by atoms with E-state index < -0.39 is 11.7 Å². The van der Waals surface area contributed by atoms with Gasteiger partial charge in [-0.3, -0.25) is 9.69 Å². The molecule has 0 radical (unpaired) electrons. The van der Waals surface area contributed by atoms with E-state index >= 15 is 0 Å². The molecule has 2 aromatic rings. The van der Waals surface area contributed by atoms with Crippen molar-refractivity contribution in [3.8, 4) is 5.75 Å². The zero-order chi connectivity index (χ0) is 22.7. The molecule has 0 spiro atoms. The molecule has 1 N–H and O–H groups in total. The fraction of sp³-hybridized carbons (Fsp3) is 0.435. The van der Waals surface area contributed by atoms with Crippen LogP contribution < -0.4 is 15.0 Å². The van der Waals surface area contributed by atoms with Gasteiger partial charge in [0.2, 0.25) is 0 Å². The van der Waals surface area contributed by atoms with Crippen molar-refractivity contribution in [2.45, 2.75) is 25.6 Å². The number of nitrogens with one attached hydrogen (secondary N) is 1. The first-order valence-corrected chi connectivity index (χ1v) is 11.1. The van der Waals surface area contributed by atoms with Crippen LogP contribution in [0, 0.1) is 0 Å². The highest BCUT2D eigenvalue weighted by Gasteiger charge is 2.37. The number of fused-ring (bicyclic) bond motifs is 1. The second-order valence-corrected chi connectivity index (χ2v) is 8.42. The lowest BCUT2D eigenvalue weighted by Gasteiger charge is -2.37. The number of hydrogen-bond acceptors (Lipinski definition) is 4. The molecule has 172 valence electrons. The number of benzene rings is 2. The fourth-order valence-electron chi connectivity index (χ4n) is 4.20. The van der Waals surface area contributed by atoms with E-state index in [1.807, 2.05) is 12.1 Å². The minimum Gasteiger partial charge on any atom is -0.494 e. The Hall–Kier alpha value is -2.45. The third-order valence-electron chi connectivity index (χ3n) is 5.89. The van der Waals surface area contributed by atoms with Gasteiger partial charge in [-0.1, -0.05) is 17.7 Å². The van der Waals surface area contributed by atoms with Gasteiger partial charge in [0.1, 0.15) is 5.75 Å².